The Hall–Kier alpha value is -3.04. The van der Waals surface area contributed by atoms with Gasteiger partial charge in [0.05, 0.1) is 30.7 Å². The number of hydrogen-bond donors (Lipinski definition) is 3. The van der Waals surface area contributed by atoms with Crippen molar-refractivity contribution in [1.82, 2.24) is 10.3 Å². The van der Waals surface area contributed by atoms with Crippen LogP contribution < -0.4 is 19.9 Å². The first-order chi connectivity index (χ1) is 13.2. The van der Waals surface area contributed by atoms with Crippen molar-refractivity contribution in [2.75, 3.05) is 14.2 Å². The molecule has 0 spiro atoms. The number of hydrogen-bond acceptors (Lipinski definition) is 5. The number of nitrogens with one attached hydrogen (secondary N) is 2. The fourth-order valence-corrected chi connectivity index (χ4v) is 3.47. The van der Waals surface area contributed by atoms with Gasteiger partial charge in [-0.2, -0.15) is 0 Å². The molecule has 9 heteroatoms. The van der Waals surface area contributed by atoms with E-state index in [9.17, 15) is 13.2 Å². The van der Waals surface area contributed by atoms with Crippen molar-refractivity contribution < 1.29 is 22.7 Å². The zero-order valence-corrected chi connectivity index (χ0v) is 16.5. The van der Waals surface area contributed by atoms with Crippen LogP contribution >= 0.6 is 0 Å². The summed E-state index contributed by atoms with van der Waals surface area (Å²) in [4.78, 5) is 15.7. The van der Waals surface area contributed by atoms with Crippen LogP contribution in [0.2, 0.25) is 0 Å². The summed E-state index contributed by atoms with van der Waals surface area (Å²) in [5.41, 5.74) is 1.64. The zero-order chi connectivity index (χ0) is 20.5. The molecule has 0 aliphatic heterocycles. The van der Waals surface area contributed by atoms with Crippen LogP contribution in [0.3, 0.4) is 0 Å². The zero-order valence-electron chi connectivity index (χ0n) is 15.6. The molecule has 2 aromatic carbocycles. The Labute approximate surface area is 162 Å². The molecule has 0 saturated heterocycles. The van der Waals surface area contributed by atoms with Crippen molar-refractivity contribution >= 4 is 26.8 Å². The third-order valence-electron chi connectivity index (χ3n) is 4.40. The van der Waals surface area contributed by atoms with Crippen molar-refractivity contribution in [1.29, 1.82) is 0 Å². The molecule has 148 valence electrons. The molecule has 1 atom stereocenters. The molecule has 1 heterocycles. The summed E-state index contributed by atoms with van der Waals surface area (Å²) in [6.45, 7) is 1.76. The van der Waals surface area contributed by atoms with Gasteiger partial charge in [-0.3, -0.25) is 4.79 Å². The molecule has 0 saturated carbocycles. The minimum atomic E-state index is -3.82. The number of sulfonamides is 1. The number of benzene rings is 2. The van der Waals surface area contributed by atoms with Gasteiger partial charge in [0.2, 0.25) is 10.0 Å². The van der Waals surface area contributed by atoms with E-state index in [-0.39, 0.29) is 10.8 Å². The second-order valence-electron chi connectivity index (χ2n) is 6.29. The lowest BCUT2D eigenvalue weighted by Gasteiger charge is -2.14. The van der Waals surface area contributed by atoms with Crippen LogP contribution in [0.1, 0.15) is 29.0 Å². The molecule has 0 aliphatic rings. The fourth-order valence-electron chi connectivity index (χ4n) is 2.90. The highest BCUT2D eigenvalue weighted by atomic mass is 32.2. The maximum atomic E-state index is 12.7. The van der Waals surface area contributed by atoms with Crippen LogP contribution in [0.5, 0.6) is 11.5 Å². The van der Waals surface area contributed by atoms with Gasteiger partial charge in [0.1, 0.15) is 17.2 Å². The predicted molar refractivity (Wildman–Crippen MR) is 105 cm³/mol. The van der Waals surface area contributed by atoms with E-state index in [1.54, 1.807) is 44.4 Å². The third-order valence-corrected chi connectivity index (χ3v) is 5.31. The molecule has 1 aromatic heterocycles. The van der Waals surface area contributed by atoms with Crippen molar-refractivity contribution in [3.63, 3.8) is 0 Å². The number of aromatic nitrogens is 1. The first-order valence-electron chi connectivity index (χ1n) is 8.41. The highest BCUT2D eigenvalue weighted by Gasteiger charge is 2.17. The summed E-state index contributed by atoms with van der Waals surface area (Å²) in [6, 6.07) is 10.9. The number of rotatable bonds is 6. The highest BCUT2D eigenvalue weighted by molar-refractivity contribution is 7.89. The first kappa shape index (κ1) is 19.7. The number of carbonyl (C=O) groups is 1. The van der Waals surface area contributed by atoms with Crippen LogP contribution in [-0.2, 0) is 10.0 Å². The summed E-state index contributed by atoms with van der Waals surface area (Å²) in [7, 11) is -0.725. The van der Waals surface area contributed by atoms with E-state index < -0.39 is 16.1 Å². The van der Waals surface area contributed by atoms with Gasteiger partial charge in [0, 0.05) is 11.5 Å². The Kier molecular flexibility index (Phi) is 5.30. The highest BCUT2D eigenvalue weighted by Crippen LogP contribution is 2.31. The predicted octanol–water partition coefficient (Wildman–Crippen LogP) is 2.32. The summed E-state index contributed by atoms with van der Waals surface area (Å²) in [5, 5.41) is 8.78. The average molecular weight is 403 g/mol. The van der Waals surface area contributed by atoms with Gasteiger partial charge < -0.3 is 19.8 Å². The van der Waals surface area contributed by atoms with Gasteiger partial charge in [0.15, 0.2) is 0 Å². The second kappa shape index (κ2) is 7.53. The lowest BCUT2D eigenvalue weighted by Crippen LogP contribution is -2.27. The lowest BCUT2D eigenvalue weighted by atomic mass is 10.1. The van der Waals surface area contributed by atoms with Crippen LogP contribution in [0.4, 0.5) is 0 Å². The summed E-state index contributed by atoms with van der Waals surface area (Å²) < 4.78 is 33.6. The largest absolute Gasteiger partial charge is 0.497 e. The molecular formula is C19H21N3O5S. The van der Waals surface area contributed by atoms with E-state index in [1.807, 2.05) is 0 Å². The van der Waals surface area contributed by atoms with Gasteiger partial charge in [-0.05, 0) is 36.8 Å². The molecular weight excluding hydrogens is 382 g/mol. The van der Waals surface area contributed by atoms with E-state index in [1.165, 1.54) is 19.2 Å². The number of methoxy groups -OCH3 is 2. The molecule has 28 heavy (non-hydrogen) atoms. The molecule has 0 aliphatic carbocycles. The normalized spacial score (nSPS) is 12.6. The summed E-state index contributed by atoms with van der Waals surface area (Å²) >= 11 is 0. The molecule has 3 rings (SSSR count). The average Bonchev–Trinajstić information content (AvgIpc) is 3.10. The molecule has 0 bridgehead atoms. The van der Waals surface area contributed by atoms with Crippen LogP contribution in [0, 0.1) is 0 Å². The molecule has 1 amide bonds. The number of fused-ring (bicyclic) bond motifs is 1. The summed E-state index contributed by atoms with van der Waals surface area (Å²) in [5.74, 6) is 0.830. The number of aromatic amines is 1. The number of primary sulfonamides is 1. The van der Waals surface area contributed by atoms with Crippen molar-refractivity contribution in [2.45, 2.75) is 17.9 Å². The SMILES string of the molecule is COc1cc(OC)c2[nH]c(C(=O)N[C@@H](C)c3cccc(S(N)(=O)=O)c3)cc2c1. The van der Waals surface area contributed by atoms with Gasteiger partial charge in [-0.1, -0.05) is 12.1 Å². The number of H-pyrrole nitrogens is 1. The van der Waals surface area contributed by atoms with Gasteiger partial charge in [-0.15, -0.1) is 0 Å². The Balaban J connectivity index is 1.87. The van der Waals surface area contributed by atoms with Gasteiger partial charge >= 0.3 is 0 Å². The minimum absolute atomic E-state index is 0.00598. The van der Waals surface area contributed by atoms with Crippen LogP contribution in [0.15, 0.2) is 47.4 Å². The molecule has 0 fully saturated rings. The smallest absolute Gasteiger partial charge is 0.268 e. The van der Waals surface area contributed by atoms with E-state index in [0.29, 0.717) is 28.3 Å². The third kappa shape index (κ3) is 3.95. The standard InChI is InChI=1S/C19H21N3O5S/c1-11(12-5-4-6-15(8-12)28(20,24)25)21-19(23)16-9-13-7-14(26-2)10-17(27-3)18(13)22-16/h4-11,22H,1-3H3,(H,21,23)(H2,20,24,25)/t11-/m0/s1. The Morgan fingerprint density at radius 2 is 1.89 bits per heavy atom. The monoisotopic (exact) mass is 403 g/mol. The topological polar surface area (TPSA) is 124 Å². The molecule has 3 aromatic rings. The quantitative estimate of drug-likeness (QED) is 0.583. The maximum absolute atomic E-state index is 12.7. The Morgan fingerprint density at radius 1 is 1.14 bits per heavy atom. The molecule has 4 N–H and O–H groups in total. The maximum Gasteiger partial charge on any atom is 0.268 e. The van der Waals surface area contributed by atoms with Gasteiger partial charge in [-0.25, -0.2) is 13.6 Å². The number of nitrogens with two attached hydrogens (primary N) is 1. The number of ether oxygens (including phenoxy) is 2. The second-order valence-corrected chi connectivity index (χ2v) is 7.85. The fraction of sp³-hybridized carbons (Fsp3) is 0.211. The number of carbonyl (C=O) groups excluding carboxylic acids is 1. The molecule has 0 unspecified atom stereocenters. The summed E-state index contributed by atoms with van der Waals surface area (Å²) in [6.07, 6.45) is 0. The van der Waals surface area contributed by atoms with Crippen molar-refractivity contribution in [3.05, 3.63) is 53.7 Å². The van der Waals surface area contributed by atoms with Crippen molar-refractivity contribution in [2.24, 2.45) is 5.14 Å². The Morgan fingerprint density at radius 3 is 2.54 bits per heavy atom. The van der Waals surface area contributed by atoms with Gasteiger partial charge in [0.25, 0.3) is 5.91 Å². The van der Waals surface area contributed by atoms with Crippen molar-refractivity contribution in [3.8, 4) is 11.5 Å². The van der Waals surface area contributed by atoms with Crippen LogP contribution in [0.25, 0.3) is 10.9 Å². The van der Waals surface area contributed by atoms with E-state index in [0.717, 1.165) is 5.39 Å². The lowest BCUT2D eigenvalue weighted by molar-refractivity contribution is 0.0935. The first-order valence-corrected chi connectivity index (χ1v) is 9.96. The van der Waals surface area contributed by atoms with Crippen LogP contribution in [-0.4, -0.2) is 33.5 Å². The molecule has 0 radical (unpaired) electrons. The van der Waals surface area contributed by atoms with E-state index in [4.69, 9.17) is 14.6 Å². The van der Waals surface area contributed by atoms with E-state index >= 15 is 0 Å². The Bertz CT molecular complexity index is 1140. The van der Waals surface area contributed by atoms with E-state index in [2.05, 4.69) is 10.3 Å². The number of amides is 1. The molecule has 8 nitrogen and oxygen atoms in total. The minimum Gasteiger partial charge on any atom is -0.497 e.